The van der Waals surface area contributed by atoms with Gasteiger partial charge in [-0.2, -0.15) is 5.10 Å². The summed E-state index contributed by atoms with van der Waals surface area (Å²) in [4.78, 5) is 28.1. The number of H-pyrrole nitrogens is 1. The fraction of sp³-hybridized carbons (Fsp3) is 0.435. The molecular formula is C23H31N9O3. The molecule has 0 aliphatic heterocycles. The molecule has 1 amide bonds. The molecule has 4 rings (SSSR count). The molecule has 0 fully saturated rings. The highest BCUT2D eigenvalue weighted by atomic mass is 16.5. The highest BCUT2D eigenvalue weighted by molar-refractivity contribution is 5.99. The van der Waals surface area contributed by atoms with Gasteiger partial charge < -0.3 is 31.2 Å². The first kappa shape index (κ1) is 24.5. The van der Waals surface area contributed by atoms with Crippen LogP contribution in [-0.2, 0) is 20.8 Å². The van der Waals surface area contributed by atoms with Crippen LogP contribution in [-0.4, -0.2) is 75.1 Å². The summed E-state index contributed by atoms with van der Waals surface area (Å²) >= 11 is 0. The van der Waals surface area contributed by atoms with Crippen LogP contribution < -0.4 is 16.8 Å². The average Bonchev–Trinajstić information content (AvgIpc) is 3.48. The molecule has 0 saturated carbocycles. The molecule has 0 aliphatic rings. The number of nitrogens with two attached hydrogens (primary N) is 2. The van der Waals surface area contributed by atoms with Gasteiger partial charge in [0.25, 0.3) is 0 Å². The zero-order chi connectivity index (χ0) is 24.5. The second-order valence-corrected chi connectivity index (χ2v) is 7.99. The summed E-state index contributed by atoms with van der Waals surface area (Å²) in [5.74, 6) is 0.346. The summed E-state index contributed by atoms with van der Waals surface area (Å²) in [7, 11) is 0. The molecule has 6 N–H and O–H groups in total. The van der Waals surface area contributed by atoms with Crippen LogP contribution in [0.1, 0.15) is 19.3 Å². The Morgan fingerprint density at radius 2 is 1.97 bits per heavy atom. The van der Waals surface area contributed by atoms with Crippen LogP contribution in [0, 0.1) is 0 Å². The van der Waals surface area contributed by atoms with Crippen LogP contribution in [0.15, 0.2) is 30.9 Å². The molecule has 4 aromatic rings. The van der Waals surface area contributed by atoms with Gasteiger partial charge >= 0.3 is 0 Å². The Labute approximate surface area is 202 Å². The lowest BCUT2D eigenvalue weighted by Gasteiger charge is -2.07. The Bertz CT molecular complexity index is 1250. The van der Waals surface area contributed by atoms with E-state index in [-0.39, 0.29) is 5.91 Å². The Hall–Kier alpha value is -3.61. The number of amides is 1. The van der Waals surface area contributed by atoms with E-state index in [1.165, 1.54) is 6.33 Å². The number of rotatable bonds is 14. The number of hydrogen-bond donors (Lipinski definition) is 4. The third-order valence-corrected chi connectivity index (χ3v) is 5.46. The van der Waals surface area contributed by atoms with Crippen molar-refractivity contribution in [2.75, 3.05) is 45.3 Å². The van der Waals surface area contributed by atoms with Crippen molar-refractivity contribution < 1.29 is 14.3 Å². The lowest BCUT2D eigenvalue weighted by molar-refractivity contribution is -0.122. The molecule has 0 radical (unpaired) electrons. The van der Waals surface area contributed by atoms with E-state index in [9.17, 15) is 4.79 Å². The quantitative estimate of drug-likeness (QED) is 0.193. The van der Waals surface area contributed by atoms with Crippen molar-refractivity contribution in [3.63, 3.8) is 0 Å². The fourth-order valence-electron chi connectivity index (χ4n) is 3.73. The molecule has 0 saturated heterocycles. The van der Waals surface area contributed by atoms with Crippen LogP contribution in [0.2, 0.25) is 0 Å². The molecular weight excluding hydrogens is 450 g/mol. The molecule has 0 unspecified atom stereocenters. The minimum atomic E-state index is -0.0344. The first-order valence-corrected chi connectivity index (χ1v) is 11.7. The van der Waals surface area contributed by atoms with Crippen molar-refractivity contribution >= 4 is 33.8 Å². The topological polar surface area (TPSA) is 172 Å². The summed E-state index contributed by atoms with van der Waals surface area (Å²) in [6, 6.07) is 3.98. The van der Waals surface area contributed by atoms with Crippen LogP contribution in [0.3, 0.4) is 0 Å². The van der Waals surface area contributed by atoms with E-state index in [1.807, 2.05) is 23.0 Å². The number of aromatic amines is 1. The number of hydrogen-bond acceptors (Lipinski definition) is 9. The van der Waals surface area contributed by atoms with E-state index < -0.39 is 0 Å². The van der Waals surface area contributed by atoms with E-state index >= 15 is 0 Å². The normalized spacial score (nSPS) is 11.5. The number of nitrogens with one attached hydrogen (secondary N) is 2. The number of unbranched alkanes of at least 4 members (excludes halogenated alkanes) is 1. The molecule has 0 atom stereocenters. The smallest absolute Gasteiger partial charge is 0.222 e. The van der Waals surface area contributed by atoms with Gasteiger partial charge in [-0.05, 0) is 25.0 Å². The maximum atomic E-state index is 12.0. The van der Waals surface area contributed by atoms with Gasteiger partial charge in [0.2, 0.25) is 5.91 Å². The minimum absolute atomic E-state index is 0.0344. The van der Waals surface area contributed by atoms with E-state index in [0.717, 1.165) is 29.4 Å². The Morgan fingerprint density at radius 3 is 2.83 bits per heavy atom. The van der Waals surface area contributed by atoms with Crippen LogP contribution in [0.25, 0.3) is 33.3 Å². The molecule has 12 nitrogen and oxygen atoms in total. The molecule has 0 spiro atoms. The van der Waals surface area contributed by atoms with Crippen molar-refractivity contribution in [2.45, 2.75) is 25.8 Å². The first-order valence-electron chi connectivity index (χ1n) is 11.7. The van der Waals surface area contributed by atoms with E-state index in [2.05, 4.69) is 25.3 Å². The lowest BCUT2D eigenvalue weighted by atomic mass is 10.1. The van der Waals surface area contributed by atoms with Gasteiger partial charge in [-0.1, -0.05) is 0 Å². The fourth-order valence-corrected chi connectivity index (χ4v) is 3.73. The molecule has 4 aromatic heterocycles. The number of ether oxygens (including phenoxy) is 2. The first-order chi connectivity index (χ1) is 17.2. The van der Waals surface area contributed by atoms with Crippen molar-refractivity contribution in [1.82, 2.24) is 35.0 Å². The van der Waals surface area contributed by atoms with E-state index in [4.69, 9.17) is 26.0 Å². The molecule has 0 aliphatic carbocycles. The zero-order valence-corrected chi connectivity index (χ0v) is 19.6. The number of pyridine rings is 1. The summed E-state index contributed by atoms with van der Waals surface area (Å²) in [6.45, 7) is 3.52. The lowest BCUT2D eigenvalue weighted by Crippen LogP contribution is -2.26. The van der Waals surface area contributed by atoms with Crippen LogP contribution in [0.5, 0.6) is 0 Å². The zero-order valence-electron chi connectivity index (χ0n) is 19.6. The summed E-state index contributed by atoms with van der Waals surface area (Å²) in [6.07, 6.45) is 6.99. The molecule has 0 bridgehead atoms. The highest BCUT2D eigenvalue weighted by Gasteiger charge is 2.17. The number of fused-ring (bicyclic) bond motifs is 2. The van der Waals surface area contributed by atoms with Crippen molar-refractivity contribution in [3.8, 4) is 11.3 Å². The number of carbonyl (C=O) groups is 1. The number of aromatic nitrogens is 6. The Balaban J connectivity index is 1.28. The molecule has 4 heterocycles. The highest BCUT2D eigenvalue weighted by Crippen LogP contribution is 2.31. The van der Waals surface area contributed by atoms with Crippen LogP contribution >= 0.6 is 0 Å². The molecule has 12 heteroatoms. The monoisotopic (exact) mass is 481 g/mol. The number of carbonyl (C=O) groups excluding carboxylic acids is 1. The van der Waals surface area contributed by atoms with Gasteiger partial charge in [0.05, 0.1) is 31.8 Å². The molecule has 186 valence electrons. The summed E-state index contributed by atoms with van der Waals surface area (Å²) in [5, 5.41) is 9.40. The van der Waals surface area contributed by atoms with E-state index in [0.29, 0.717) is 75.0 Å². The summed E-state index contributed by atoms with van der Waals surface area (Å²) < 4.78 is 12.4. The standard InChI is InChI=1S/C23H31N9O3/c24-5-10-35-12-11-34-9-4-18(33)26-6-1-2-8-32-23-19(21(25)29-15-30-23)20(31-32)17-13-16-3-7-27-22(16)28-14-17/h3,7,13-15H,1-2,4-6,8-12,24H2,(H,26,33)(H,27,28)(H2,25,29,30). The predicted molar refractivity (Wildman–Crippen MR) is 132 cm³/mol. The SMILES string of the molecule is NCCOCCOCCC(=O)NCCCCn1nc(-c2cnc3[nH]ccc3c2)c2c(N)ncnc21. The molecule has 35 heavy (non-hydrogen) atoms. The van der Waals surface area contributed by atoms with Gasteiger partial charge in [0, 0.05) is 49.4 Å². The predicted octanol–water partition coefficient (Wildman–Crippen LogP) is 1.23. The average molecular weight is 482 g/mol. The minimum Gasteiger partial charge on any atom is -0.383 e. The van der Waals surface area contributed by atoms with Gasteiger partial charge in [0.1, 0.15) is 23.5 Å². The number of nitrogen functional groups attached to an aromatic ring is 1. The largest absolute Gasteiger partial charge is 0.383 e. The van der Waals surface area contributed by atoms with Crippen molar-refractivity contribution in [1.29, 1.82) is 0 Å². The third kappa shape index (κ3) is 6.29. The van der Waals surface area contributed by atoms with Crippen molar-refractivity contribution in [2.24, 2.45) is 5.73 Å². The maximum absolute atomic E-state index is 12.0. The van der Waals surface area contributed by atoms with Gasteiger partial charge in [0.15, 0.2) is 5.65 Å². The van der Waals surface area contributed by atoms with E-state index in [1.54, 1.807) is 6.20 Å². The van der Waals surface area contributed by atoms with Crippen molar-refractivity contribution in [3.05, 3.63) is 30.9 Å². The molecule has 0 aromatic carbocycles. The second-order valence-electron chi connectivity index (χ2n) is 7.99. The van der Waals surface area contributed by atoms with Gasteiger partial charge in [-0.15, -0.1) is 0 Å². The number of anilines is 1. The Kier molecular flexibility index (Phi) is 8.54. The Morgan fingerprint density at radius 1 is 1.11 bits per heavy atom. The maximum Gasteiger partial charge on any atom is 0.222 e. The number of aryl methyl sites for hydroxylation is 1. The number of nitrogens with zero attached hydrogens (tertiary/aromatic N) is 5. The van der Waals surface area contributed by atoms with Gasteiger partial charge in [-0.25, -0.2) is 19.6 Å². The van der Waals surface area contributed by atoms with Crippen LogP contribution in [0.4, 0.5) is 5.82 Å². The third-order valence-electron chi connectivity index (χ3n) is 5.46. The second kappa shape index (κ2) is 12.2. The summed E-state index contributed by atoms with van der Waals surface area (Å²) in [5.41, 5.74) is 14.6. The van der Waals surface area contributed by atoms with Gasteiger partial charge in [-0.3, -0.25) is 4.79 Å².